The fourth-order valence-corrected chi connectivity index (χ4v) is 4.55. The molecule has 1 fully saturated rings. The quantitative estimate of drug-likeness (QED) is 0.579. The van der Waals surface area contributed by atoms with Gasteiger partial charge in [0.25, 0.3) is 0 Å². The van der Waals surface area contributed by atoms with Crippen LogP contribution in [0.15, 0.2) is 60.0 Å². The van der Waals surface area contributed by atoms with Crippen molar-refractivity contribution in [3.63, 3.8) is 0 Å². The summed E-state index contributed by atoms with van der Waals surface area (Å²) in [5, 5.41) is 3.54. The molecule has 0 radical (unpaired) electrons. The highest BCUT2D eigenvalue weighted by molar-refractivity contribution is 8.00. The number of imidazole rings is 1. The maximum atomic E-state index is 12.8. The van der Waals surface area contributed by atoms with E-state index in [2.05, 4.69) is 47.2 Å². The molecule has 1 aromatic heterocycles. The molecule has 2 aromatic carbocycles. The van der Waals surface area contributed by atoms with Crippen LogP contribution in [-0.2, 0) is 9.53 Å². The molecule has 1 aliphatic rings. The first-order valence-electron chi connectivity index (χ1n) is 10.5. The number of nitrogens with zero attached hydrogens (tertiary/aromatic N) is 3. The fraction of sp³-hybridized carbons (Fsp3) is 0.333. The van der Waals surface area contributed by atoms with Crippen molar-refractivity contribution in [2.45, 2.75) is 31.2 Å². The summed E-state index contributed by atoms with van der Waals surface area (Å²) in [6.07, 6.45) is 3.71. The molecule has 4 rings (SSSR count). The van der Waals surface area contributed by atoms with E-state index in [1.165, 1.54) is 22.9 Å². The lowest BCUT2D eigenvalue weighted by atomic mass is 10.1. The second-order valence-electron chi connectivity index (χ2n) is 7.77. The summed E-state index contributed by atoms with van der Waals surface area (Å²) in [7, 11) is 0. The minimum atomic E-state index is -0.286. The van der Waals surface area contributed by atoms with Gasteiger partial charge < -0.3 is 15.0 Å². The predicted molar refractivity (Wildman–Crippen MR) is 126 cm³/mol. The van der Waals surface area contributed by atoms with Crippen LogP contribution in [0.4, 0.5) is 11.4 Å². The maximum Gasteiger partial charge on any atom is 0.237 e. The molecule has 1 amide bonds. The van der Waals surface area contributed by atoms with Gasteiger partial charge in [-0.15, -0.1) is 0 Å². The highest BCUT2D eigenvalue weighted by Crippen LogP contribution is 2.27. The van der Waals surface area contributed by atoms with E-state index in [9.17, 15) is 4.79 Å². The van der Waals surface area contributed by atoms with Crippen molar-refractivity contribution < 1.29 is 9.53 Å². The van der Waals surface area contributed by atoms with Crippen LogP contribution < -0.4 is 10.2 Å². The molecule has 0 aliphatic carbocycles. The number of ether oxygens (including phenoxy) is 1. The third-order valence-electron chi connectivity index (χ3n) is 5.38. The summed E-state index contributed by atoms with van der Waals surface area (Å²) in [5.41, 5.74) is 5.43. The number of carbonyl (C=O) groups is 1. The van der Waals surface area contributed by atoms with E-state index in [-0.39, 0.29) is 11.2 Å². The minimum absolute atomic E-state index is 0.0423. The van der Waals surface area contributed by atoms with Crippen LogP contribution in [0.1, 0.15) is 18.1 Å². The fourth-order valence-electron chi connectivity index (χ4n) is 3.67. The second-order valence-corrected chi connectivity index (χ2v) is 9.07. The topological polar surface area (TPSA) is 59.4 Å². The molecule has 0 bridgehead atoms. The van der Waals surface area contributed by atoms with Gasteiger partial charge in [0.2, 0.25) is 5.91 Å². The number of thioether (sulfide) groups is 1. The van der Waals surface area contributed by atoms with Gasteiger partial charge in [-0.2, -0.15) is 0 Å². The number of aryl methyl sites for hydroxylation is 2. The van der Waals surface area contributed by atoms with Crippen LogP contribution in [0.3, 0.4) is 0 Å². The van der Waals surface area contributed by atoms with Gasteiger partial charge in [0, 0.05) is 36.9 Å². The van der Waals surface area contributed by atoms with Gasteiger partial charge in [0.05, 0.1) is 24.2 Å². The zero-order valence-electron chi connectivity index (χ0n) is 18.2. The van der Waals surface area contributed by atoms with Crippen molar-refractivity contribution >= 4 is 29.0 Å². The Morgan fingerprint density at radius 1 is 1.13 bits per heavy atom. The van der Waals surface area contributed by atoms with E-state index in [1.54, 1.807) is 6.20 Å². The van der Waals surface area contributed by atoms with Gasteiger partial charge in [0.1, 0.15) is 0 Å². The van der Waals surface area contributed by atoms with Gasteiger partial charge >= 0.3 is 0 Å². The number of amides is 1. The highest BCUT2D eigenvalue weighted by atomic mass is 32.2. The summed E-state index contributed by atoms with van der Waals surface area (Å²) in [4.78, 5) is 19.6. The predicted octanol–water partition coefficient (Wildman–Crippen LogP) is 4.45. The molecule has 0 spiro atoms. The Kier molecular flexibility index (Phi) is 6.63. The molecule has 0 saturated carbocycles. The first-order valence-corrected chi connectivity index (χ1v) is 11.4. The standard InChI is InChI=1S/C24H28N4O2S/c1-17-4-9-22(18(2)16-17)28-11-10-25-24(28)31-19(3)23(29)26-20-5-7-21(8-6-20)27-12-14-30-15-13-27/h4-11,16,19H,12-15H2,1-3H3,(H,26,29)/t19-/m0/s1. The average molecular weight is 437 g/mol. The zero-order chi connectivity index (χ0) is 21.8. The van der Waals surface area contributed by atoms with Crippen LogP contribution in [-0.4, -0.2) is 47.0 Å². The number of hydrogen-bond donors (Lipinski definition) is 1. The molecule has 2 heterocycles. The smallest absolute Gasteiger partial charge is 0.237 e. The number of carbonyl (C=O) groups excluding carboxylic acids is 1. The van der Waals surface area contributed by atoms with Gasteiger partial charge in [-0.3, -0.25) is 9.36 Å². The lowest BCUT2D eigenvalue weighted by Crippen LogP contribution is -2.36. The van der Waals surface area contributed by atoms with Crippen LogP contribution in [0.5, 0.6) is 0 Å². The Morgan fingerprint density at radius 3 is 2.58 bits per heavy atom. The van der Waals surface area contributed by atoms with Crippen molar-refractivity contribution in [3.05, 3.63) is 66.0 Å². The first kappa shape index (κ1) is 21.5. The van der Waals surface area contributed by atoms with E-state index >= 15 is 0 Å². The van der Waals surface area contributed by atoms with Gasteiger partial charge in [0.15, 0.2) is 5.16 Å². The summed E-state index contributed by atoms with van der Waals surface area (Å²) < 4.78 is 7.45. The van der Waals surface area contributed by atoms with Crippen molar-refractivity contribution in [2.24, 2.45) is 0 Å². The molecule has 31 heavy (non-hydrogen) atoms. The number of rotatable bonds is 6. The SMILES string of the molecule is Cc1ccc(-n2ccnc2S[C@@H](C)C(=O)Nc2ccc(N3CCOCC3)cc2)c(C)c1. The van der Waals surface area contributed by atoms with Crippen LogP contribution in [0.2, 0.25) is 0 Å². The van der Waals surface area contributed by atoms with Crippen molar-refractivity contribution in [1.82, 2.24) is 9.55 Å². The molecular weight excluding hydrogens is 408 g/mol. The Balaban J connectivity index is 1.40. The van der Waals surface area contributed by atoms with Gasteiger partial charge in [-0.05, 0) is 56.7 Å². The number of benzene rings is 2. The summed E-state index contributed by atoms with van der Waals surface area (Å²) in [5.74, 6) is -0.0423. The first-order chi connectivity index (χ1) is 15.0. The Morgan fingerprint density at radius 2 is 1.87 bits per heavy atom. The summed E-state index contributed by atoms with van der Waals surface area (Å²) >= 11 is 1.46. The molecule has 162 valence electrons. The molecule has 1 aliphatic heterocycles. The molecule has 3 aromatic rings. The number of hydrogen-bond acceptors (Lipinski definition) is 5. The van der Waals surface area contributed by atoms with Crippen LogP contribution in [0, 0.1) is 13.8 Å². The Bertz CT molecular complexity index is 1040. The molecule has 0 unspecified atom stereocenters. The third-order valence-corrected chi connectivity index (χ3v) is 6.46. The lowest BCUT2D eigenvalue weighted by Gasteiger charge is -2.28. The van der Waals surface area contributed by atoms with Gasteiger partial charge in [-0.1, -0.05) is 29.5 Å². The summed E-state index contributed by atoms with van der Waals surface area (Å²) in [6, 6.07) is 14.3. The van der Waals surface area contributed by atoms with E-state index in [4.69, 9.17) is 4.74 Å². The molecule has 1 saturated heterocycles. The van der Waals surface area contributed by atoms with Gasteiger partial charge in [-0.25, -0.2) is 4.98 Å². The van der Waals surface area contributed by atoms with Crippen LogP contribution in [0.25, 0.3) is 5.69 Å². The van der Waals surface area contributed by atoms with Crippen molar-refractivity contribution in [1.29, 1.82) is 0 Å². The monoisotopic (exact) mass is 436 g/mol. The van der Waals surface area contributed by atoms with E-state index < -0.39 is 0 Å². The van der Waals surface area contributed by atoms with Crippen LogP contribution >= 0.6 is 11.8 Å². The van der Waals surface area contributed by atoms with E-state index in [1.807, 2.05) is 42.0 Å². The number of morpholine rings is 1. The summed E-state index contributed by atoms with van der Waals surface area (Å²) in [6.45, 7) is 9.38. The third kappa shape index (κ3) is 5.11. The van der Waals surface area contributed by atoms with E-state index in [0.29, 0.717) is 0 Å². The second kappa shape index (κ2) is 9.58. The Labute approximate surface area is 187 Å². The lowest BCUT2D eigenvalue weighted by molar-refractivity contribution is -0.115. The minimum Gasteiger partial charge on any atom is -0.378 e. The number of aromatic nitrogens is 2. The Hall–Kier alpha value is -2.77. The molecule has 7 heteroatoms. The van der Waals surface area contributed by atoms with Crippen molar-refractivity contribution in [2.75, 3.05) is 36.5 Å². The molecular formula is C24H28N4O2S. The zero-order valence-corrected chi connectivity index (χ0v) is 19.0. The molecule has 6 nitrogen and oxygen atoms in total. The maximum absolute atomic E-state index is 12.8. The molecule has 1 atom stereocenters. The number of nitrogens with one attached hydrogen (secondary N) is 1. The van der Waals surface area contributed by atoms with E-state index in [0.717, 1.165) is 48.5 Å². The van der Waals surface area contributed by atoms with Crippen molar-refractivity contribution in [3.8, 4) is 5.69 Å². The molecule has 1 N–H and O–H groups in total. The largest absolute Gasteiger partial charge is 0.378 e. The highest BCUT2D eigenvalue weighted by Gasteiger charge is 2.19. The number of anilines is 2. The average Bonchev–Trinajstić information content (AvgIpc) is 3.22. The normalized spacial score (nSPS) is 15.0.